The molecule has 8 heteroatoms. The van der Waals surface area contributed by atoms with Gasteiger partial charge in [-0.3, -0.25) is 9.59 Å². The van der Waals surface area contributed by atoms with Crippen LogP contribution in [0.4, 0.5) is 10.5 Å². The molecule has 0 aliphatic rings. The standard InChI is InChI=1S/C29H41N3O5/c1-9-18-32(27(34)24(19(2)3)31-28(35)37-29(5,6)7)25(23-13-11-10-12-20(23)4)26(33)30-21-14-16-22(36-8)17-15-21/h10-17,19,24-25H,9,18H2,1-8H3,(H,30,33)(H,31,35). The molecule has 0 aliphatic carbocycles. The Labute approximate surface area is 220 Å². The number of amides is 3. The smallest absolute Gasteiger partial charge is 0.408 e. The highest BCUT2D eigenvalue weighted by Gasteiger charge is 2.37. The fourth-order valence-electron chi connectivity index (χ4n) is 3.96. The highest BCUT2D eigenvalue weighted by atomic mass is 16.6. The summed E-state index contributed by atoms with van der Waals surface area (Å²) in [7, 11) is 1.58. The Kier molecular flexibility index (Phi) is 10.5. The van der Waals surface area contributed by atoms with Crippen LogP contribution in [0.2, 0.25) is 0 Å². The molecule has 0 radical (unpaired) electrons. The third kappa shape index (κ3) is 8.51. The molecule has 2 N–H and O–H groups in total. The number of anilines is 1. The number of hydrogen-bond acceptors (Lipinski definition) is 5. The van der Waals surface area contributed by atoms with Crippen LogP contribution < -0.4 is 15.4 Å². The Morgan fingerprint density at radius 2 is 1.62 bits per heavy atom. The van der Waals surface area contributed by atoms with Crippen molar-refractivity contribution < 1.29 is 23.9 Å². The summed E-state index contributed by atoms with van der Waals surface area (Å²) in [6.07, 6.45) is -0.0487. The van der Waals surface area contributed by atoms with Gasteiger partial charge in [-0.15, -0.1) is 0 Å². The van der Waals surface area contributed by atoms with Gasteiger partial charge in [0.15, 0.2) is 0 Å². The van der Waals surface area contributed by atoms with E-state index < -0.39 is 23.8 Å². The van der Waals surface area contributed by atoms with Gasteiger partial charge in [-0.2, -0.15) is 0 Å². The van der Waals surface area contributed by atoms with Crippen molar-refractivity contribution >= 4 is 23.6 Å². The second-order valence-electron chi connectivity index (χ2n) is 10.4. The first-order valence-corrected chi connectivity index (χ1v) is 12.7. The number of nitrogens with zero attached hydrogens (tertiary/aromatic N) is 1. The van der Waals surface area contributed by atoms with Gasteiger partial charge in [0.25, 0.3) is 5.91 Å². The van der Waals surface area contributed by atoms with Crippen LogP contribution in [-0.4, -0.2) is 48.1 Å². The lowest BCUT2D eigenvalue weighted by molar-refractivity contribution is -0.141. The van der Waals surface area contributed by atoms with E-state index >= 15 is 0 Å². The van der Waals surface area contributed by atoms with E-state index in [1.54, 1.807) is 57.0 Å². The molecule has 0 heterocycles. The van der Waals surface area contributed by atoms with Gasteiger partial charge in [-0.05, 0) is 75.4 Å². The molecular weight excluding hydrogens is 470 g/mol. The monoisotopic (exact) mass is 511 g/mol. The van der Waals surface area contributed by atoms with Gasteiger partial charge in [0.2, 0.25) is 5.91 Å². The largest absolute Gasteiger partial charge is 0.497 e. The number of carbonyl (C=O) groups excluding carboxylic acids is 3. The quantitative estimate of drug-likeness (QED) is 0.441. The third-order valence-electron chi connectivity index (χ3n) is 5.75. The van der Waals surface area contributed by atoms with Gasteiger partial charge in [0, 0.05) is 12.2 Å². The molecule has 2 rings (SSSR count). The maximum absolute atomic E-state index is 14.0. The number of nitrogens with one attached hydrogen (secondary N) is 2. The van der Waals surface area contributed by atoms with Crippen molar-refractivity contribution in [1.82, 2.24) is 10.2 Å². The lowest BCUT2D eigenvalue weighted by Crippen LogP contribution is -2.54. The molecule has 0 aliphatic heterocycles. The second kappa shape index (κ2) is 13.1. The number of methoxy groups -OCH3 is 1. The van der Waals surface area contributed by atoms with Crippen molar-refractivity contribution in [1.29, 1.82) is 0 Å². The average Bonchev–Trinajstić information content (AvgIpc) is 2.82. The van der Waals surface area contributed by atoms with Crippen molar-refractivity contribution in [2.75, 3.05) is 19.0 Å². The zero-order valence-corrected chi connectivity index (χ0v) is 23.3. The van der Waals surface area contributed by atoms with Crippen molar-refractivity contribution in [2.45, 2.75) is 72.6 Å². The molecule has 2 unspecified atom stereocenters. The van der Waals surface area contributed by atoms with E-state index in [-0.39, 0.29) is 17.7 Å². The minimum absolute atomic E-state index is 0.235. The van der Waals surface area contributed by atoms with E-state index in [4.69, 9.17) is 9.47 Å². The number of ether oxygens (including phenoxy) is 2. The normalized spacial score (nSPS) is 12.9. The molecule has 2 aromatic rings. The summed E-state index contributed by atoms with van der Waals surface area (Å²) < 4.78 is 10.6. The summed E-state index contributed by atoms with van der Waals surface area (Å²) in [6, 6.07) is 12.7. The first-order chi connectivity index (χ1) is 17.4. The highest BCUT2D eigenvalue weighted by molar-refractivity contribution is 5.99. The summed E-state index contributed by atoms with van der Waals surface area (Å²) in [4.78, 5) is 41.9. The highest BCUT2D eigenvalue weighted by Crippen LogP contribution is 2.28. The van der Waals surface area contributed by atoms with Gasteiger partial charge in [0.05, 0.1) is 7.11 Å². The van der Waals surface area contributed by atoms with Crippen LogP contribution in [0.15, 0.2) is 48.5 Å². The van der Waals surface area contributed by atoms with Crippen LogP contribution in [-0.2, 0) is 14.3 Å². The maximum atomic E-state index is 14.0. The molecular formula is C29H41N3O5. The van der Waals surface area contributed by atoms with Crippen LogP contribution in [0, 0.1) is 12.8 Å². The Morgan fingerprint density at radius 3 is 2.14 bits per heavy atom. The predicted octanol–water partition coefficient (Wildman–Crippen LogP) is 5.47. The number of hydrogen-bond donors (Lipinski definition) is 2. The fraction of sp³-hybridized carbons (Fsp3) is 0.483. The Hall–Kier alpha value is -3.55. The number of carbonyl (C=O) groups is 3. The van der Waals surface area contributed by atoms with Crippen LogP contribution in [0.25, 0.3) is 0 Å². The number of alkyl carbamates (subject to hydrolysis) is 1. The summed E-state index contributed by atoms with van der Waals surface area (Å²) >= 11 is 0. The zero-order valence-electron chi connectivity index (χ0n) is 23.3. The molecule has 0 fully saturated rings. The molecule has 0 bridgehead atoms. The van der Waals surface area contributed by atoms with Gasteiger partial charge in [-0.1, -0.05) is 45.0 Å². The number of rotatable bonds is 10. The van der Waals surface area contributed by atoms with E-state index in [1.165, 1.54) is 0 Å². The summed E-state index contributed by atoms with van der Waals surface area (Å²) in [5.74, 6) is -0.257. The molecule has 202 valence electrons. The van der Waals surface area contributed by atoms with Crippen molar-refractivity contribution in [3.8, 4) is 5.75 Å². The van der Waals surface area contributed by atoms with E-state index in [9.17, 15) is 14.4 Å². The molecule has 0 saturated heterocycles. The van der Waals surface area contributed by atoms with Crippen molar-refractivity contribution in [2.24, 2.45) is 5.92 Å². The zero-order chi connectivity index (χ0) is 27.8. The molecule has 0 aromatic heterocycles. The lowest BCUT2D eigenvalue weighted by atomic mass is 9.96. The summed E-state index contributed by atoms with van der Waals surface area (Å²) in [6.45, 7) is 13.2. The second-order valence-corrected chi connectivity index (χ2v) is 10.4. The van der Waals surface area contributed by atoms with Gasteiger partial charge < -0.3 is 25.0 Å². The van der Waals surface area contributed by atoms with E-state index in [0.29, 0.717) is 24.4 Å². The third-order valence-corrected chi connectivity index (χ3v) is 5.75. The molecule has 2 atom stereocenters. The molecule has 2 aromatic carbocycles. The van der Waals surface area contributed by atoms with Crippen LogP contribution in [0.1, 0.15) is 65.1 Å². The topological polar surface area (TPSA) is 97.0 Å². The number of aryl methyl sites for hydroxylation is 1. The first kappa shape index (κ1) is 29.7. The SMILES string of the molecule is CCCN(C(=O)C(NC(=O)OC(C)(C)C)C(C)C)C(C(=O)Nc1ccc(OC)cc1)c1ccccc1C. The van der Waals surface area contributed by atoms with Crippen molar-refractivity contribution in [3.63, 3.8) is 0 Å². The maximum Gasteiger partial charge on any atom is 0.408 e. The molecule has 3 amide bonds. The van der Waals surface area contributed by atoms with Crippen LogP contribution in [0.3, 0.4) is 0 Å². The molecule has 37 heavy (non-hydrogen) atoms. The molecule has 0 saturated carbocycles. The Bertz CT molecular complexity index is 1060. The van der Waals surface area contributed by atoms with Gasteiger partial charge in [0.1, 0.15) is 23.4 Å². The summed E-state index contributed by atoms with van der Waals surface area (Å²) in [5.41, 5.74) is 1.47. The fourth-order valence-corrected chi connectivity index (χ4v) is 3.96. The number of benzene rings is 2. The summed E-state index contributed by atoms with van der Waals surface area (Å²) in [5, 5.41) is 5.69. The van der Waals surface area contributed by atoms with Crippen LogP contribution in [0.5, 0.6) is 5.75 Å². The van der Waals surface area contributed by atoms with E-state index in [2.05, 4.69) is 10.6 Å². The lowest BCUT2D eigenvalue weighted by Gasteiger charge is -2.36. The predicted molar refractivity (Wildman–Crippen MR) is 146 cm³/mol. The van der Waals surface area contributed by atoms with Gasteiger partial charge >= 0.3 is 6.09 Å². The van der Waals surface area contributed by atoms with E-state index in [0.717, 1.165) is 11.1 Å². The Morgan fingerprint density at radius 1 is 1.00 bits per heavy atom. The van der Waals surface area contributed by atoms with Gasteiger partial charge in [-0.25, -0.2) is 4.79 Å². The first-order valence-electron chi connectivity index (χ1n) is 12.7. The minimum atomic E-state index is -0.905. The Balaban J connectivity index is 2.48. The van der Waals surface area contributed by atoms with E-state index in [1.807, 2.05) is 52.0 Å². The molecule has 0 spiro atoms. The average molecular weight is 512 g/mol. The van der Waals surface area contributed by atoms with Crippen LogP contribution >= 0.6 is 0 Å². The minimum Gasteiger partial charge on any atom is -0.497 e. The van der Waals surface area contributed by atoms with Crippen molar-refractivity contribution in [3.05, 3.63) is 59.7 Å². The molecule has 8 nitrogen and oxygen atoms in total.